The van der Waals surface area contributed by atoms with Crippen LogP contribution in [0.25, 0.3) is 0 Å². The van der Waals surface area contributed by atoms with Gasteiger partial charge in [-0.1, -0.05) is 18.2 Å². The maximum atomic E-state index is 12.3. The van der Waals surface area contributed by atoms with Crippen LogP contribution in [-0.2, 0) is 16.0 Å². The van der Waals surface area contributed by atoms with E-state index in [9.17, 15) is 18.0 Å². The zero-order valence-corrected chi connectivity index (χ0v) is 12.2. The van der Waals surface area contributed by atoms with Crippen LogP contribution in [0.1, 0.15) is 5.56 Å². The van der Waals surface area contributed by atoms with Crippen LogP contribution in [0.2, 0.25) is 0 Å². The van der Waals surface area contributed by atoms with E-state index in [1.807, 2.05) is 0 Å². The Morgan fingerprint density at radius 1 is 1.23 bits per heavy atom. The second-order valence-corrected chi connectivity index (χ2v) is 4.43. The molecule has 1 aromatic rings. The van der Waals surface area contributed by atoms with Crippen molar-refractivity contribution in [3.63, 3.8) is 0 Å². The summed E-state index contributed by atoms with van der Waals surface area (Å²) in [4.78, 5) is 11.5. The summed E-state index contributed by atoms with van der Waals surface area (Å²) in [5.41, 5.74) is 0.382. The van der Waals surface area contributed by atoms with E-state index in [1.54, 1.807) is 13.2 Å². The Bertz CT molecular complexity index is 467. The fraction of sp³-hybridized carbons (Fsp3) is 0.500. The minimum absolute atomic E-state index is 0.129. The van der Waals surface area contributed by atoms with Crippen molar-refractivity contribution in [2.45, 2.75) is 12.8 Å². The molecular formula is C14H19F3N2O3. The number of rotatable bonds is 9. The largest absolute Gasteiger partial charge is 0.573 e. The number of ether oxygens (including phenoxy) is 2. The monoisotopic (exact) mass is 320 g/mol. The first-order valence-corrected chi connectivity index (χ1v) is 6.72. The summed E-state index contributed by atoms with van der Waals surface area (Å²) in [7, 11) is 1.56. The van der Waals surface area contributed by atoms with Gasteiger partial charge in [-0.3, -0.25) is 4.79 Å². The topological polar surface area (TPSA) is 59.6 Å². The number of amides is 1. The molecule has 1 rings (SSSR count). The van der Waals surface area contributed by atoms with Crippen LogP contribution < -0.4 is 15.4 Å². The van der Waals surface area contributed by atoms with Crippen LogP contribution in [-0.4, -0.2) is 45.6 Å². The molecule has 0 aliphatic carbocycles. The molecule has 0 spiro atoms. The number of hydrogen-bond acceptors (Lipinski definition) is 4. The van der Waals surface area contributed by atoms with Gasteiger partial charge in [0.1, 0.15) is 5.75 Å². The van der Waals surface area contributed by atoms with Crippen LogP contribution in [0.3, 0.4) is 0 Å². The minimum Gasteiger partial charge on any atom is -0.406 e. The molecule has 124 valence electrons. The molecule has 0 atom stereocenters. The lowest BCUT2D eigenvalue weighted by atomic mass is 10.1. The third-order valence-electron chi connectivity index (χ3n) is 2.68. The van der Waals surface area contributed by atoms with Crippen LogP contribution in [0.4, 0.5) is 13.2 Å². The Morgan fingerprint density at radius 3 is 2.64 bits per heavy atom. The Labute approximate surface area is 126 Å². The Hall–Kier alpha value is -1.80. The predicted octanol–water partition coefficient (Wildman–Crippen LogP) is 1.48. The van der Waals surface area contributed by atoms with Gasteiger partial charge in [0.2, 0.25) is 5.91 Å². The maximum absolute atomic E-state index is 12.3. The van der Waals surface area contributed by atoms with E-state index in [2.05, 4.69) is 15.4 Å². The summed E-state index contributed by atoms with van der Waals surface area (Å²) in [6.45, 7) is 1.40. The van der Waals surface area contributed by atoms with Gasteiger partial charge in [-0.2, -0.15) is 0 Å². The summed E-state index contributed by atoms with van der Waals surface area (Å²) in [6, 6.07) is 5.86. The first-order chi connectivity index (χ1) is 10.4. The van der Waals surface area contributed by atoms with Gasteiger partial charge in [-0.25, -0.2) is 0 Å². The van der Waals surface area contributed by atoms with Crippen molar-refractivity contribution in [2.24, 2.45) is 0 Å². The van der Waals surface area contributed by atoms with E-state index >= 15 is 0 Å². The fourth-order valence-corrected chi connectivity index (χ4v) is 1.71. The second kappa shape index (κ2) is 9.26. The Morgan fingerprint density at radius 2 is 1.95 bits per heavy atom. The van der Waals surface area contributed by atoms with Crippen molar-refractivity contribution in [1.82, 2.24) is 10.6 Å². The summed E-state index contributed by atoms with van der Waals surface area (Å²) < 4.78 is 45.5. The molecule has 0 aliphatic rings. The van der Waals surface area contributed by atoms with Crippen LogP contribution >= 0.6 is 0 Å². The first-order valence-electron chi connectivity index (χ1n) is 6.72. The lowest BCUT2D eigenvalue weighted by Crippen LogP contribution is -2.36. The highest BCUT2D eigenvalue weighted by Crippen LogP contribution is 2.26. The molecule has 0 saturated carbocycles. The van der Waals surface area contributed by atoms with E-state index in [0.717, 1.165) is 0 Å². The third kappa shape index (κ3) is 7.84. The molecular weight excluding hydrogens is 301 g/mol. The number of nitrogens with one attached hydrogen (secondary N) is 2. The van der Waals surface area contributed by atoms with Gasteiger partial charge in [-0.05, 0) is 18.1 Å². The van der Waals surface area contributed by atoms with Crippen molar-refractivity contribution in [2.75, 3.05) is 33.4 Å². The van der Waals surface area contributed by atoms with Crippen molar-refractivity contribution in [1.29, 1.82) is 0 Å². The SMILES string of the molecule is COCCNCC(=O)NCCc1ccccc1OC(F)(F)F. The van der Waals surface area contributed by atoms with Crippen LogP contribution in [0.15, 0.2) is 24.3 Å². The smallest absolute Gasteiger partial charge is 0.406 e. The maximum Gasteiger partial charge on any atom is 0.573 e. The number of halogens is 3. The number of carbonyl (C=O) groups excluding carboxylic acids is 1. The van der Waals surface area contributed by atoms with Gasteiger partial charge in [0, 0.05) is 20.2 Å². The number of alkyl halides is 3. The minimum atomic E-state index is -4.73. The van der Waals surface area contributed by atoms with Gasteiger partial charge in [-0.15, -0.1) is 13.2 Å². The highest BCUT2D eigenvalue weighted by atomic mass is 19.4. The Balaban J connectivity index is 2.37. The lowest BCUT2D eigenvalue weighted by molar-refractivity contribution is -0.274. The highest BCUT2D eigenvalue weighted by Gasteiger charge is 2.31. The van der Waals surface area contributed by atoms with Crippen molar-refractivity contribution < 1.29 is 27.4 Å². The standard InChI is InChI=1S/C14H19F3N2O3/c1-21-9-8-18-10-13(20)19-7-6-11-4-2-3-5-12(11)22-14(15,16)17/h2-5,18H,6-10H2,1H3,(H,19,20). The second-order valence-electron chi connectivity index (χ2n) is 4.43. The zero-order chi connectivity index (χ0) is 16.4. The molecule has 1 aromatic carbocycles. The van der Waals surface area contributed by atoms with Crippen molar-refractivity contribution in [3.8, 4) is 5.75 Å². The van der Waals surface area contributed by atoms with Gasteiger partial charge in [0.15, 0.2) is 0 Å². The number of hydrogen-bond donors (Lipinski definition) is 2. The van der Waals surface area contributed by atoms with Gasteiger partial charge >= 0.3 is 6.36 Å². The average Bonchev–Trinajstić information content (AvgIpc) is 2.44. The number of para-hydroxylation sites is 1. The molecule has 0 aromatic heterocycles. The molecule has 5 nitrogen and oxygen atoms in total. The summed E-state index contributed by atoms with van der Waals surface area (Å²) in [6.07, 6.45) is -4.49. The quantitative estimate of drug-likeness (QED) is 0.677. The predicted molar refractivity (Wildman–Crippen MR) is 74.6 cm³/mol. The summed E-state index contributed by atoms with van der Waals surface area (Å²) >= 11 is 0. The summed E-state index contributed by atoms with van der Waals surface area (Å²) in [5, 5.41) is 5.49. The van der Waals surface area contributed by atoms with Crippen molar-refractivity contribution >= 4 is 5.91 Å². The molecule has 22 heavy (non-hydrogen) atoms. The molecule has 8 heteroatoms. The molecule has 0 saturated heterocycles. The molecule has 2 N–H and O–H groups in total. The third-order valence-corrected chi connectivity index (χ3v) is 2.68. The fourth-order valence-electron chi connectivity index (χ4n) is 1.71. The van der Waals surface area contributed by atoms with Crippen molar-refractivity contribution in [3.05, 3.63) is 29.8 Å². The molecule has 0 fully saturated rings. The number of carbonyl (C=O) groups is 1. The summed E-state index contributed by atoms with van der Waals surface area (Å²) in [5.74, 6) is -0.479. The van der Waals surface area contributed by atoms with E-state index in [4.69, 9.17) is 4.74 Å². The molecule has 0 unspecified atom stereocenters. The molecule has 0 aliphatic heterocycles. The Kier molecular flexibility index (Phi) is 7.69. The van der Waals surface area contributed by atoms with E-state index in [-0.39, 0.29) is 31.2 Å². The van der Waals surface area contributed by atoms with E-state index in [1.165, 1.54) is 18.2 Å². The number of methoxy groups -OCH3 is 1. The lowest BCUT2D eigenvalue weighted by Gasteiger charge is -2.13. The van der Waals surface area contributed by atoms with Gasteiger partial charge < -0.3 is 20.1 Å². The highest BCUT2D eigenvalue weighted by molar-refractivity contribution is 5.77. The molecule has 0 radical (unpaired) electrons. The molecule has 0 heterocycles. The normalized spacial score (nSPS) is 11.3. The van der Waals surface area contributed by atoms with Crippen LogP contribution in [0, 0.1) is 0 Å². The average molecular weight is 320 g/mol. The number of benzene rings is 1. The van der Waals surface area contributed by atoms with Crippen LogP contribution in [0.5, 0.6) is 5.75 Å². The van der Waals surface area contributed by atoms with Gasteiger partial charge in [0.25, 0.3) is 0 Å². The molecule has 0 bridgehead atoms. The van der Waals surface area contributed by atoms with Gasteiger partial charge in [0.05, 0.1) is 13.2 Å². The zero-order valence-electron chi connectivity index (χ0n) is 12.2. The van der Waals surface area contributed by atoms with E-state index < -0.39 is 6.36 Å². The molecule has 1 amide bonds. The first kappa shape index (κ1) is 18.2. The van der Waals surface area contributed by atoms with E-state index in [0.29, 0.717) is 18.7 Å².